The topological polar surface area (TPSA) is 44.3 Å². The Kier molecular flexibility index (Phi) is 6.31. The van der Waals surface area contributed by atoms with Crippen LogP contribution in [0.25, 0.3) is 0 Å². The van der Waals surface area contributed by atoms with E-state index in [9.17, 15) is 5.11 Å². The molecule has 1 heterocycles. The van der Waals surface area contributed by atoms with Gasteiger partial charge in [0.1, 0.15) is 0 Å². The summed E-state index contributed by atoms with van der Waals surface area (Å²) in [5, 5.41) is 17.9. The lowest BCUT2D eigenvalue weighted by Gasteiger charge is -2.41. The number of rotatable bonds is 6. The van der Waals surface area contributed by atoms with Crippen LogP contribution >= 0.6 is 0 Å². The highest BCUT2D eigenvalue weighted by molar-refractivity contribution is 4.92. The van der Waals surface area contributed by atoms with E-state index in [-0.39, 0.29) is 0 Å². The maximum Gasteiger partial charge on any atom is 0.0766 e. The van der Waals surface area contributed by atoms with E-state index in [4.69, 9.17) is 0 Å². The summed E-state index contributed by atoms with van der Waals surface area (Å²) >= 11 is 0. The molecule has 3 nitrogen and oxygen atoms in total. The van der Waals surface area contributed by atoms with Crippen LogP contribution in [-0.2, 0) is 0 Å². The summed E-state index contributed by atoms with van der Waals surface area (Å²) in [6, 6.07) is 1.31. The molecule has 1 saturated heterocycles. The zero-order valence-electron chi connectivity index (χ0n) is 13.5. The molecule has 2 aliphatic rings. The summed E-state index contributed by atoms with van der Waals surface area (Å²) in [6.07, 6.45) is 11.1. The average Bonchev–Trinajstić information content (AvgIpc) is 2.54. The molecule has 3 unspecified atom stereocenters. The first-order valence-electron chi connectivity index (χ1n) is 8.87. The van der Waals surface area contributed by atoms with Gasteiger partial charge < -0.3 is 15.7 Å². The van der Waals surface area contributed by atoms with Crippen molar-refractivity contribution in [2.24, 2.45) is 5.92 Å². The molecule has 1 aliphatic heterocycles. The average molecular weight is 282 g/mol. The quantitative estimate of drug-likeness (QED) is 0.702. The van der Waals surface area contributed by atoms with Crippen molar-refractivity contribution in [3.63, 3.8) is 0 Å². The Hall–Kier alpha value is -0.120. The zero-order chi connectivity index (χ0) is 14.4. The van der Waals surface area contributed by atoms with Gasteiger partial charge in [0.15, 0.2) is 0 Å². The van der Waals surface area contributed by atoms with Crippen molar-refractivity contribution < 1.29 is 5.11 Å². The predicted octanol–water partition coefficient (Wildman–Crippen LogP) is 2.83. The summed E-state index contributed by atoms with van der Waals surface area (Å²) < 4.78 is 0. The number of aliphatic hydroxyl groups is 1. The minimum atomic E-state index is -0.512. The molecule has 3 heteroatoms. The fraction of sp³-hybridized carbons (Fsp3) is 1.00. The van der Waals surface area contributed by atoms with Gasteiger partial charge in [-0.05, 0) is 51.0 Å². The monoisotopic (exact) mass is 282 g/mol. The summed E-state index contributed by atoms with van der Waals surface area (Å²) in [5.74, 6) is 0.766. The van der Waals surface area contributed by atoms with Crippen LogP contribution in [0.5, 0.6) is 0 Å². The van der Waals surface area contributed by atoms with E-state index in [1.54, 1.807) is 0 Å². The number of nitrogens with one attached hydrogen (secondary N) is 2. The SMILES string of the molecule is CCC(O)(CC)CNC1CCCCC1C1CCCCN1. The van der Waals surface area contributed by atoms with Gasteiger partial charge in [-0.15, -0.1) is 0 Å². The van der Waals surface area contributed by atoms with Crippen molar-refractivity contribution in [2.75, 3.05) is 13.1 Å². The predicted molar refractivity (Wildman–Crippen MR) is 84.9 cm³/mol. The van der Waals surface area contributed by atoms with E-state index in [1.165, 1.54) is 51.5 Å². The van der Waals surface area contributed by atoms with E-state index in [0.717, 1.165) is 25.3 Å². The van der Waals surface area contributed by atoms with Crippen molar-refractivity contribution in [3.8, 4) is 0 Å². The van der Waals surface area contributed by atoms with Crippen LogP contribution in [0.2, 0.25) is 0 Å². The van der Waals surface area contributed by atoms with Gasteiger partial charge in [-0.2, -0.15) is 0 Å². The maximum atomic E-state index is 10.5. The van der Waals surface area contributed by atoms with E-state index >= 15 is 0 Å². The number of hydrogen-bond donors (Lipinski definition) is 3. The molecular formula is C17H34N2O. The molecular weight excluding hydrogens is 248 g/mol. The van der Waals surface area contributed by atoms with E-state index < -0.39 is 5.60 Å². The summed E-state index contributed by atoms with van der Waals surface area (Å²) in [4.78, 5) is 0. The van der Waals surface area contributed by atoms with E-state index in [1.807, 2.05) is 0 Å². The lowest BCUT2D eigenvalue weighted by Crippen LogP contribution is -2.53. The fourth-order valence-corrected chi connectivity index (χ4v) is 3.96. The van der Waals surface area contributed by atoms with Gasteiger partial charge in [0.25, 0.3) is 0 Å². The lowest BCUT2D eigenvalue weighted by molar-refractivity contribution is 0.0242. The van der Waals surface area contributed by atoms with Crippen molar-refractivity contribution in [2.45, 2.75) is 89.3 Å². The Morgan fingerprint density at radius 1 is 1.05 bits per heavy atom. The smallest absolute Gasteiger partial charge is 0.0766 e. The fourth-order valence-electron chi connectivity index (χ4n) is 3.96. The molecule has 1 aliphatic carbocycles. The third-order valence-corrected chi connectivity index (χ3v) is 5.69. The molecule has 0 spiro atoms. The summed E-state index contributed by atoms with van der Waals surface area (Å²) in [7, 11) is 0. The minimum absolute atomic E-state index is 0.512. The molecule has 0 aromatic heterocycles. The molecule has 0 aromatic carbocycles. The Balaban J connectivity index is 1.89. The van der Waals surface area contributed by atoms with Gasteiger partial charge in [-0.1, -0.05) is 33.1 Å². The first-order valence-corrected chi connectivity index (χ1v) is 8.87. The second kappa shape index (κ2) is 7.77. The van der Waals surface area contributed by atoms with Crippen LogP contribution in [0.1, 0.15) is 71.6 Å². The Labute approximate surface area is 124 Å². The van der Waals surface area contributed by atoms with Crippen molar-refractivity contribution in [1.29, 1.82) is 0 Å². The van der Waals surface area contributed by atoms with Crippen molar-refractivity contribution in [1.82, 2.24) is 10.6 Å². The highest BCUT2D eigenvalue weighted by Crippen LogP contribution is 2.31. The van der Waals surface area contributed by atoms with Crippen molar-refractivity contribution in [3.05, 3.63) is 0 Å². The maximum absolute atomic E-state index is 10.5. The van der Waals surface area contributed by atoms with Crippen LogP contribution < -0.4 is 10.6 Å². The first-order chi connectivity index (χ1) is 9.68. The lowest BCUT2D eigenvalue weighted by atomic mass is 9.77. The van der Waals surface area contributed by atoms with Gasteiger partial charge in [0.2, 0.25) is 0 Å². The van der Waals surface area contributed by atoms with Gasteiger partial charge in [0.05, 0.1) is 5.60 Å². The van der Waals surface area contributed by atoms with Crippen LogP contribution in [0.15, 0.2) is 0 Å². The highest BCUT2D eigenvalue weighted by atomic mass is 16.3. The third-order valence-electron chi connectivity index (χ3n) is 5.69. The van der Waals surface area contributed by atoms with E-state index in [2.05, 4.69) is 24.5 Å². The zero-order valence-corrected chi connectivity index (χ0v) is 13.5. The molecule has 118 valence electrons. The Bertz CT molecular complexity index is 272. The highest BCUT2D eigenvalue weighted by Gasteiger charge is 2.33. The molecule has 3 atom stereocenters. The van der Waals surface area contributed by atoms with Crippen LogP contribution in [0.4, 0.5) is 0 Å². The first kappa shape index (κ1) is 16.3. The molecule has 2 fully saturated rings. The normalized spacial score (nSPS) is 32.2. The third kappa shape index (κ3) is 4.19. The Morgan fingerprint density at radius 2 is 1.75 bits per heavy atom. The van der Waals surface area contributed by atoms with Gasteiger partial charge in [0, 0.05) is 18.6 Å². The largest absolute Gasteiger partial charge is 0.389 e. The van der Waals surface area contributed by atoms with Crippen LogP contribution in [0, 0.1) is 5.92 Å². The number of hydrogen-bond acceptors (Lipinski definition) is 3. The van der Waals surface area contributed by atoms with Crippen LogP contribution in [-0.4, -0.2) is 35.9 Å². The van der Waals surface area contributed by atoms with Crippen LogP contribution in [0.3, 0.4) is 0 Å². The molecule has 0 bridgehead atoms. The molecule has 2 rings (SSSR count). The second-order valence-electron chi connectivity index (χ2n) is 6.92. The minimum Gasteiger partial charge on any atom is -0.389 e. The second-order valence-corrected chi connectivity index (χ2v) is 6.92. The standard InChI is InChI=1S/C17H34N2O/c1-3-17(20,4-2)13-19-16-10-6-5-9-14(16)15-11-7-8-12-18-15/h14-16,18-20H,3-13H2,1-2H3. The van der Waals surface area contributed by atoms with Gasteiger partial charge in [-0.3, -0.25) is 0 Å². The van der Waals surface area contributed by atoms with E-state index in [0.29, 0.717) is 12.1 Å². The molecule has 20 heavy (non-hydrogen) atoms. The number of piperidine rings is 1. The molecule has 1 saturated carbocycles. The Morgan fingerprint density at radius 3 is 2.40 bits per heavy atom. The molecule has 0 radical (unpaired) electrons. The van der Waals surface area contributed by atoms with Gasteiger partial charge in [-0.25, -0.2) is 0 Å². The van der Waals surface area contributed by atoms with Gasteiger partial charge >= 0.3 is 0 Å². The summed E-state index contributed by atoms with van der Waals surface area (Å²) in [5.41, 5.74) is -0.512. The molecule has 0 aromatic rings. The van der Waals surface area contributed by atoms with Crippen molar-refractivity contribution >= 4 is 0 Å². The molecule has 0 amide bonds. The molecule has 3 N–H and O–H groups in total. The summed E-state index contributed by atoms with van der Waals surface area (Å²) in [6.45, 7) is 6.13.